The van der Waals surface area contributed by atoms with Crippen molar-refractivity contribution in [2.45, 2.75) is 45.3 Å². The van der Waals surface area contributed by atoms with Crippen LogP contribution in [-0.2, 0) is 11.3 Å². The number of pyridine rings is 1. The summed E-state index contributed by atoms with van der Waals surface area (Å²) in [6.45, 7) is 1.58. The van der Waals surface area contributed by atoms with Gasteiger partial charge in [0.05, 0.1) is 6.61 Å². The Morgan fingerprint density at radius 2 is 1.55 bits per heavy atom. The molecule has 2 nitrogen and oxygen atoms in total. The molecule has 0 saturated heterocycles. The SMILES string of the molecule is CC(C)(C)C(OCc1ccnc(Cl)c1)(C(F)(F)F)C(F)(F)F. The first-order chi connectivity index (χ1) is 9.72. The molecule has 0 atom stereocenters. The van der Waals surface area contributed by atoms with Crippen molar-refractivity contribution < 1.29 is 31.1 Å². The number of hydrogen-bond donors (Lipinski definition) is 0. The second-order valence-corrected chi connectivity index (χ2v) is 6.09. The molecule has 1 rings (SSSR count). The minimum Gasteiger partial charge on any atom is -0.353 e. The normalized spacial score (nSPS) is 14.3. The van der Waals surface area contributed by atoms with Gasteiger partial charge in [0.2, 0.25) is 0 Å². The van der Waals surface area contributed by atoms with Gasteiger partial charge in [-0.25, -0.2) is 4.98 Å². The van der Waals surface area contributed by atoms with Crippen molar-refractivity contribution in [3.05, 3.63) is 29.0 Å². The zero-order chi connectivity index (χ0) is 17.4. The van der Waals surface area contributed by atoms with Crippen molar-refractivity contribution in [2.24, 2.45) is 5.41 Å². The molecule has 0 aromatic carbocycles. The summed E-state index contributed by atoms with van der Waals surface area (Å²) in [5.41, 5.74) is -6.51. The highest BCUT2D eigenvalue weighted by molar-refractivity contribution is 6.29. The van der Waals surface area contributed by atoms with Crippen LogP contribution in [0.3, 0.4) is 0 Å². The van der Waals surface area contributed by atoms with Crippen LogP contribution in [0, 0.1) is 5.41 Å². The van der Waals surface area contributed by atoms with Crippen LogP contribution in [0.1, 0.15) is 26.3 Å². The van der Waals surface area contributed by atoms with E-state index in [9.17, 15) is 26.3 Å². The molecule has 0 saturated carbocycles. The number of halogens is 7. The lowest BCUT2D eigenvalue weighted by molar-refractivity contribution is -0.413. The van der Waals surface area contributed by atoms with Crippen LogP contribution in [0.15, 0.2) is 18.3 Å². The molecule has 0 unspecified atom stereocenters. The third-order valence-corrected chi connectivity index (χ3v) is 3.31. The molecule has 1 aromatic rings. The van der Waals surface area contributed by atoms with E-state index in [1.165, 1.54) is 12.3 Å². The third-order valence-electron chi connectivity index (χ3n) is 3.10. The van der Waals surface area contributed by atoms with Gasteiger partial charge in [-0.2, -0.15) is 26.3 Å². The van der Waals surface area contributed by atoms with E-state index >= 15 is 0 Å². The predicted octanol–water partition coefficient (Wildman–Crippen LogP) is 5.16. The maximum Gasteiger partial charge on any atom is 0.427 e. The van der Waals surface area contributed by atoms with E-state index in [2.05, 4.69) is 9.72 Å². The van der Waals surface area contributed by atoms with Gasteiger partial charge in [0.1, 0.15) is 5.15 Å². The molecule has 126 valence electrons. The van der Waals surface area contributed by atoms with Crippen molar-refractivity contribution >= 4 is 11.6 Å². The summed E-state index contributed by atoms with van der Waals surface area (Å²) in [6, 6.07) is 2.37. The topological polar surface area (TPSA) is 22.1 Å². The monoisotopic (exact) mass is 349 g/mol. The Labute approximate surface area is 128 Å². The maximum atomic E-state index is 13.3. The Morgan fingerprint density at radius 1 is 1.05 bits per heavy atom. The first-order valence-corrected chi connectivity index (χ1v) is 6.48. The molecule has 1 aromatic heterocycles. The van der Waals surface area contributed by atoms with Crippen LogP contribution in [0.25, 0.3) is 0 Å². The van der Waals surface area contributed by atoms with E-state index in [-0.39, 0.29) is 10.7 Å². The van der Waals surface area contributed by atoms with Crippen molar-refractivity contribution in [1.82, 2.24) is 4.98 Å². The van der Waals surface area contributed by atoms with Gasteiger partial charge in [-0.1, -0.05) is 32.4 Å². The minimum absolute atomic E-state index is 0.0542. The van der Waals surface area contributed by atoms with Crippen molar-refractivity contribution in [1.29, 1.82) is 0 Å². The summed E-state index contributed by atoms with van der Waals surface area (Å²) < 4.78 is 84.0. The second-order valence-electron chi connectivity index (χ2n) is 5.70. The number of hydrogen-bond acceptors (Lipinski definition) is 2. The first-order valence-electron chi connectivity index (χ1n) is 6.10. The van der Waals surface area contributed by atoms with Gasteiger partial charge >= 0.3 is 12.4 Å². The summed E-state index contributed by atoms with van der Waals surface area (Å²) in [5.74, 6) is 0. The van der Waals surface area contributed by atoms with Gasteiger partial charge in [0, 0.05) is 11.6 Å². The van der Waals surface area contributed by atoms with Gasteiger partial charge in [-0.05, 0) is 17.7 Å². The molecule has 0 bridgehead atoms. The van der Waals surface area contributed by atoms with E-state index in [1.807, 2.05) is 0 Å². The summed E-state index contributed by atoms with van der Waals surface area (Å²) in [5, 5.41) is -0.0542. The van der Waals surface area contributed by atoms with Crippen LogP contribution in [0.2, 0.25) is 5.15 Å². The number of aromatic nitrogens is 1. The van der Waals surface area contributed by atoms with Crippen molar-refractivity contribution in [3.63, 3.8) is 0 Å². The Kier molecular flexibility index (Phi) is 5.09. The fourth-order valence-corrected chi connectivity index (χ4v) is 2.31. The molecule has 0 spiro atoms. The van der Waals surface area contributed by atoms with Crippen LogP contribution in [-0.4, -0.2) is 22.9 Å². The van der Waals surface area contributed by atoms with E-state index in [0.29, 0.717) is 0 Å². The molecule has 1 heterocycles. The molecular weight excluding hydrogens is 336 g/mol. The van der Waals surface area contributed by atoms with E-state index in [1.54, 1.807) is 0 Å². The number of alkyl halides is 6. The van der Waals surface area contributed by atoms with Gasteiger partial charge in [-0.15, -0.1) is 0 Å². The highest BCUT2D eigenvalue weighted by atomic mass is 35.5. The average Bonchev–Trinajstić information content (AvgIpc) is 2.23. The molecule has 22 heavy (non-hydrogen) atoms. The third kappa shape index (κ3) is 3.48. The summed E-state index contributed by atoms with van der Waals surface area (Å²) >= 11 is 5.55. The Morgan fingerprint density at radius 3 is 1.91 bits per heavy atom. The molecule has 0 aliphatic rings. The summed E-state index contributed by atoms with van der Waals surface area (Å²) in [4.78, 5) is 3.60. The number of rotatable bonds is 3. The molecule has 0 radical (unpaired) electrons. The zero-order valence-electron chi connectivity index (χ0n) is 11.9. The standard InChI is InChI=1S/C13H14ClF6NO/c1-10(2,3)11(12(15,16)17,13(18,19)20)22-7-8-4-5-21-9(14)6-8/h4-6H,7H2,1-3H3. The van der Waals surface area contributed by atoms with Gasteiger partial charge in [-0.3, -0.25) is 0 Å². The highest BCUT2D eigenvalue weighted by Crippen LogP contribution is 2.55. The van der Waals surface area contributed by atoms with Gasteiger partial charge in [0.25, 0.3) is 5.60 Å². The summed E-state index contributed by atoms with van der Waals surface area (Å²) in [6.07, 6.45) is -10.1. The highest BCUT2D eigenvalue weighted by Gasteiger charge is 2.77. The zero-order valence-corrected chi connectivity index (χ0v) is 12.7. The molecular formula is C13H14ClF6NO. The lowest BCUT2D eigenvalue weighted by atomic mass is 9.75. The first kappa shape index (κ1) is 19.0. The predicted molar refractivity (Wildman–Crippen MR) is 68.3 cm³/mol. The second kappa shape index (κ2) is 5.88. The molecule has 9 heteroatoms. The molecule has 0 fully saturated rings. The van der Waals surface area contributed by atoms with E-state index in [0.717, 1.165) is 26.8 Å². The maximum absolute atomic E-state index is 13.3. The van der Waals surface area contributed by atoms with E-state index < -0.39 is 30.0 Å². The largest absolute Gasteiger partial charge is 0.427 e. The fourth-order valence-electron chi connectivity index (χ4n) is 2.12. The van der Waals surface area contributed by atoms with Crippen LogP contribution < -0.4 is 0 Å². The van der Waals surface area contributed by atoms with Crippen LogP contribution in [0.5, 0.6) is 0 Å². The van der Waals surface area contributed by atoms with Crippen LogP contribution >= 0.6 is 11.6 Å². The molecule has 0 aliphatic carbocycles. The molecule has 0 amide bonds. The minimum atomic E-state index is -5.64. The summed E-state index contributed by atoms with van der Waals surface area (Å²) in [7, 11) is 0. The molecule has 0 N–H and O–H groups in total. The Balaban J connectivity index is 3.27. The lowest BCUT2D eigenvalue weighted by Crippen LogP contribution is -2.66. The smallest absolute Gasteiger partial charge is 0.353 e. The lowest BCUT2D eigenvalue weighted by Gasteiger charge is -2.45. The Hall–Kier alpha value is -1.02. The quantitative estimate of drug-likeness (QED) is 0.555. The van der Waals surface area contributed by atoms with Gasteiger partial charge in [0.15, 0.2) is 0 Å². The molecule has 0 aliphatic heterocycles. The average molecular weight is 350 g/mol. The van der Waals surface area contributed by atoms with Gasteiger partial charge < -0.3 is 4.74 Å². The number of nitrogens with zero attached hydrogens (tertiary/aromatic N) is 1. The Bertz CT molecular complexity index is 484. The van der Waals surface area contributed by atoms with Crippen molar-refractivity contribution in [3.8, 4) is 0 Å². The van der Waals surface area contributed by atoms with Crippen molar-refractivity contribution in [2.75, 3.05) is 0 Å². The van der Waals surface area contributed by atoms with E-state index in [4.69, 9.17) is 11.6 Å². The van der Waals surface area contributed by atoms with Crippen LogP contribution in [0.4, 0.5) is 26.3 Å². The fraction of sp³-hybridized carbons (Fsp3) is 0.615. The number of ether oxygens (including phenoxy) is 1.